The number of hydrogen-bond acceptors (Lipinski definition) is 3. The van der Waals surface area contributed by atoms with Crippen LogP contribution in [0.3, 0.4) is 0 Å². The van der Waals surface area contributed by atoms with Crippen LogP contribution in [0.15, 0.2) is 30.3 Å². The second-order valence-electron chi connectivity index (χ2n) is 7.11. The smallest absolute Gasteiger partial charge is 0.227 e. The maximum atomic E-state index is 12.4. The van der Waals surface area contributed by atoms with Gasteiger partial charge in [-0.1, -0.05) is 30.3 Å². The standard InChI is InChI=1S/C20H22N2O2/c21-11-17-19(18(12-23)22(17)20(24)16-9-10-16)15-7-5-14(6-8-15)13-3-1-2-4-13/h3,5-8,16-19,23H,1-2,4,9-10,12H2/t17-,18-,19-/m0/s1. The summed E-state index contributed by atoms with van der Waals surface area (Å²) in [5, 5.41) is 19.3. The number of benzene rings is 1. The van der Waals surface area contributed by atoms with Gasteiger partial charge in [-0.2, -0.15) is 5.26 Å². The fourth-order valence-electron chi connectivity index (χ4n) is 4.10. The average Bonchev–Trinajstić information content (AvgIpc) is 3.30. The van der Waals surface area contributed by atoms with Crippen molar-refractivity contribution in [2.75, 3.05) is 6.61 Å². The third kappa shape index (κ3) is 2.44. The molecule has 0 spiro atoms. The van der Waals surface area contributed by atoms with Crippen molar-refractivity contribution in [3.05, 3.63) is 41.5 Å². The second-order valence-corrected chi connectivity index (χ2v) is 7.11. The summed E-state index contributed by atoms with van der Waals surface area (Å²) >= 11 is 0. The predicted molar refractivity (Wildman–Crippen MR) is 90.9 cm³/mol. The molecule has 3 atom stereocenters. The molecule has 0 radical (unpaired) electrons. The van der Waals surface area contributed by atoms with Crippen LogP contribution in [0.2, 0.25) is 0 Å². The van der Waals surface area contributed by atoms with Gasteiger partial charge in [0.1, 0.15) is 6.04 Å². The molecule has 24 heavy (non-hydrogen) atoms. The number of nitrogens with zero attached hydrogens (tertiary/aromatic N) is 2. The van der Waals surface area contributed by atoms with E-state index >= 15 is 0 Å². The van der Waals surface area contributed by atoms with Gasteiger partial charge < -0.3 is 10.0 Å². The van der Waals surface area contributed by atoms with Gasteiger partial charge in [0.05, 0.1) is 18.7 Å². The Bertz CT molecular complexity index is 712. The number of likely N-dealkylation sites (tertiary alicyclic amines) is 1. The number of carbonyl (C=O) groups excluding carboxylic acids is 1. The molecular formula is C20H22N2O2. The normalized spacial score (nSPS) is 28.9. The summed E-state index contributed by atoms with van der Waals surface area (Å²) in [5.41, 5.74) is 3.69. The molecule has 4 heteroatoms. The highest BCUT2D eigenvalue weighted by atomic mass is 16.3. The van der Waals surface area contributed by atoms with E-state index in [-0.39, 0.29) is 30.4 Å². The molecule has 1 saturated carbocycles. The first-order valence-corrected chi connectivity index (χ1v) is 8.86. The van der Waals surface area contributed by atoms with Gasteiger partial charge in [0.2, 0.25) is 5.91 Å². The molecule has 0 unspecified atom stereocenters. The van der Waals surface area contributed by atoms with E-state index in [2.05, 4.69) is 36.4 Å². The van der Waals surface area contributed by atoms with Crippen LogP contribution in [-0.4, -0.2) is 34.6 Å². The van der Waals surface area contributed by atoms with Gasteiger partial charge in [-0.25, -0.2) is 0 Å². The van der Waals surface area contributed by atoms with Gasteiger partial charge in [0.25, 0.3) is 0 Å². The lowest BCUT2D eigenvalue weighted by Gasteiger charge is -2.51. The van der Waals surface area contributed by atoms with Crippen molar-refractivity contribution in [2.24, 2.45) is 5.92 Å². The first-order valence-electron chi connectivity index (χ1n) is 8.86. The van der Waals surface area contributed by atoms with Crippen LogP contribution >= 0.6 is 0 Å². The summed E-state index contributed by atoms with van der Waals surface area (Å²) in [4.78, 5) is 14.0. The van der Waals surface area contributed by atoms with Gasteiger partial charge in [-0.3, -0.25) is 4.79 Å². The maximum Gasteiger partial charge on any atom is 0.227 e. The molecule has 124 valence electrons. The zero-order chi connectivity index (χ0) is 16.7. The minimum atomic E-state index is -0.452. The lowest BCUT2D eigenvalue weighted by Crippen LogP contribution is -2.65. The summed E-state index contributed by atoms with van der Waals surface area (Å²) in [6, 6.07) is 9.91. The molecule has 1 N–H and O–H groups in total. The molecule has 1 aromatic rings. The van der Waals surface area contributed by atoms with Crippen LogP contribution in [0.5, 0.6) is 0 Å². The van der Waals surface area contributed by atoms with Gasteiger partial charge in [-0.05, 0) is 48.8 Å². The Balaban J connectivity index is 1.56. The Labute approximate surface area is 142 Å². The summed E-state index contributed by atoms with van der Waals surface area (Å²) in [6.45, 7) is -0.0891. The quantitative estimate of drug-likeness (QED) is 0.927. The minimum Gasteiger partial charge on any atom is -0.394 e. The van der Waals surface area contributed by atoms with Crippen LogP contribution in [0.25, 0.3) is 5.57 Å². The highest BCUT2D eigenvalue weighted by molar-refractivity contribution is 5.83. The van der Waals surface area contributed by atoms with Crippen LogP contribution in [0, 0.1) is 17.2 Å². The monoisotopic (exact) mass is 322 g/mol. The van der Waals surface area contributed by atoms with E-state index < -0.39 is 6.04 Å². The number of amides is 1. The molecule has 2 fully saturated rings. The van der Waals surface area contributed by atoms with E-state index in [1.54, 1.807) is 4.90 Å². The topological polar surface area (TPSA) is 64.3 Å². The van der Waals surface area contributed by atoms with E-state index in [0.29, 0.717) is 0 Å². The molecule has 3 aliphatic rings. The zero-order valence-electron chi connectivity index (χ0n) is 13.7. The number of rotatable bonds is 4. The third-order valence-corrected chi connectivity index (χ3v) is 5.62. The van der Waals surface area contributed by atoms with Crippen molar-refractivity contribution < 1.29 is 9.90 Å². The fraction of sp³-hybridized carbons (Fsp3) is 0.500. The fourth-order valence-corrected chi connectivity index (χ4v) is 4.10. The summed E-state index contributed by atoms with van der Waals surface area (Å²) in [7, 11) is 0. The van der Waals surface area contributed by atoms with Crippen LogP contribution < -0.4 is 0 Å². The minimum absolute atomic E-state index is 0.0459. The van der Waals surface area contributed by atoms with Crippen LogP contribution in [-0.2, 0) is 4.79 Å². The van der Waals surface area contributed by atoms with Crippen LogP contribution in [0.1, 0.15) is 49.1 Å². The van der Waals surface area contributed by atoms with Crippen molar-refractivity contribution in [3.8, 4) is 6.07 Å². The number of aliphatic hydroxyl groups excluding tert-OH is 1. The largest absolute Gasteiger partial charge is 0.394 e. The van der Waals surface area contributed by atoms with E-state index in [0.717, 1.165) is 31.2 Å². The van der Waals surface area contributed by atoms with E-state index in [9.17, 15) is 15.2 Å². The van der Waals surface area contributed by atoms with E-state index in [4.69, 9.17) is 0 Å². The molecule has 1 amide bonds. The van der Waals surface area contributed by atoms with Crippen molar-refractivity contribution in [1.29, 1.82) is 5.26 Å². The molecule has 1 heterocycles. The highest BCUT2D eigenvalue weighted by Crippen LogP contribution is 2.44. The van der Waals surface area contributed by atoms with Crippen molar-refractivity contribution in [1.82, 2.24) is 4.90 Å². The van der Waals surface area contributed by atoms with Crippen LogP contribution in [0.4, 0.5) is 0 Å². The number of allylic oxidation sites excluding steroid dienone is 2. The number of carbonyl (C=O) groups is 1. The summed E-state index contributed by atoms with van der Waals surface area (Å²) in [5.74, 6) is 0.0337. The molecular weight excluding hydrogens is 300 g/mol. The first-order chi connectivity index (χ1) is 11.7. The SMILES string of the molecule is N#C[C@H]1[C@H](c2ccc(C3=CCCC3)cc2)[C@H](CO)N1C(=O)C1CC1. The zero-order valence-corrected chi connectivity index (χ0v) is 13.7. The average molecular weight is 322 g/mol. The Kier molecular flexibility index (Phi) is 3.90. The number of nitriles is 1. The molecule has 4 nitrogen and oxygen atoms in total. The molecule has 4 rings (SSSR count). The van der Waals surface area contributed by atoms with Crippen molar-refractivity contribution in [3.63, 3.8) is 0 Å². The van der Waals surface area contributed by atoms with Gasteiger partial charge in [-0.15, -0.1) is 0 Å². The number of hydrogen-bond donors (Lipinski definition) is 1. The molecule has 0 aromatic heterocycles. The third-order valence-electron chi connectivity index (χ3n) is 5.62. The van der Waals surface area contributed by atoms with Crippen molar-refractivity contribution >= 4 is 11.5 Å². The molecule has 1 aromatic carbocycles. The first kappa shape index (κ1) is 15.4. The molecule has 2 aliphatic carbocycles. The Morgan fingerprint density at radius 1 is 1.29 bits per heavy atom. The Morgan fingerprint density at radius 2 is 2.04 bits per heavy atom. The molecule has 0 bridgehead atoms. The molecule has 1 aliphatic heterocycles. The lowest BCUT2D eigenvalue weighted by atomic mass is 9.75. The number of aliphatic hydroxyl groups is 1. The highest BCUT2D eigenvalue weighted by Gasteiger charge is 2.53. The maximum absolute atomic E-state index is 12.4. The summed E-state index contributed by atoms with van der Waals surface area (Å²) in [6.07, 6.45) is 7.64. The van der Waals surface area contributed by atoms with E-state index in [1.165, 1.54) is 17.6 Å². The Morgan fingerprint density at radius 3 is 2.58 bits per heavy atom. The lowest BCUT2D eigenvalue weighted by molar-refractivity contribution is -0.148. The van der Waals surface area contributed by atoms with Gasteiger partial charge >= 0.3 is 0 Å². The van der Waals surface area contributed by atoms with Crippen molar-refractivity contribution in [2.45, 2.75) is 50.1 Å². The molecule has 1 saturated heterocycles. The Hall–Kier alpha value is -2.12. The van der Waals surface area contributed by atoms with Gasteiger partial charge in [0, 0.05) is 11.8 Å². The van der Waals surface area contributed by atoms with E-state index in [1.807, 2.05) is 0 Å². The van der Waals surface area contributed by atoms with Gasteiger partial charge in [0.15, 0.2) is 0 Å². The predicted octanol–water partition coefficient (Wildman–Crippen LogP) is 2.84. The second kappa shape index (κ2) is 6.07. The summed E-state index contributed by atoms with van der Waals surface area (Å²) < 4.78 is 0.